The Balaban J connectivity index is 1.66. The summed E-state index contributed by atoms with van der Waals surface area (Å²) in [7, 11) is 0. The van der Waals surface area contributed by atoms with E-state index in [2.05, 4.69) is 21.2 Å². The zero-order chi connectivity index (χ0) is 27.9. The fraction of sp³-hybridized carbons (Fsp3) is 0.226. The van der Waals surface area contributed by atoms with Crippen molar-refractivity contribution in [2.24, 2.45) is 0 Å². The highest BCUT2D eigenvalue weighted by atomic mass is 79.9. The van der Waals surface area contributed by atoms with Gasteiger partial charge < -0.3 is 15.0 Å². The topological polar surface area (TPSA) is 58.6 Å². The van der Waals surface area contributed by atoms with Crippen LogP contribution in [-0.2, 0) is 22.6 Å². The van der Waals surface area contributed by atoms with Gasteiger partial charge in [-0.1, -0.05) is 89.9 Å². The second kappa shape index (κ2) is 13.3. The summed E-state index contributed by atoms with van der Waals surface area (Å²) < 4.78 is 6.78. The summed E-state index contributed by atoms with van der Waals surface area (Å²) in [5.41, 5.74) is 1.61. The van der Waals surface area contributed by atoms with Crippen molar-refractivity contribution in [2.45, 2.75) is 38.9 Å². The second-order valence-corrected chi connectivity index (χ2v) is 11.2. The van der Waals surface area contributed by atoms with Crippen LogP contribution in [0.15, 0.2) is 89.4 Å². The van der Waals surface area contributed by atoms with Crippen LogP contribution in [0.5, 0.6) is 5.75 Å². The molecule has 1 N–H and O–H groups in total. The number of nitrogens with zero attached hydrogens (tertiary/aromatic N) is 1. The lowest BCUT2D eigenvalue weighted by molar-refractivity contribution is -0.143. The Labute approximate surface area is 247 Å². The van der Waals surface area contributed by atoms with Gasteiger partial charge in [0.05, 0.1) is 4.47 Å². The van der Waals surface area contributed by atoms with Crippen molar-refractivity contribution >= 4 is 61.7 Å². The molecule has 0 heterocycles. The predicted octanol–water partition coefficient (Wildman–Crippen LogP) is 7.45. The molecule has 0 saturated carbocycles. The molecule has 0 fully saturated rings. The molecule has 5 nitrogen and oxygen atoms in total. The van der Waals surface area contributed by atoms with Crippen molar-refractivity contribution in [3.8, 4) is 5.75 Å². The van der Waals surface area contributed by atoms with Gasteiger partial charge in [0.2, 0.25) is 5.91 Å². The van der Waals surface area contributed by atoms with Crippen molar-refractivity contribution in [3.05, 3.63) is 111 Å². The van der Waals surface area contributed by atoms with E-state index in [1.165, 1.54) is 4.90 Å². The van der Waals surface area contributed by atoms with Gasteiger partial charge in [0.1, 0.15) is 11.8 Å². The Morgan fingerprint density at radius 2 is 1.67 bits per heavy atom. The quantitative estimate of drug-likeness (QED) is 0.199. The monoisotopic (exact) mass is 626 g/mol. The number of benzene rings is 4. The summed E-state index contributed by atoms with van der Waals surface area (Å²) in [5, 5.41) is 5.91. The number of carbonyl (C=O) groups is 2. The highest BCUT2D eigenvalue weighted by Crippen LogP contribution is 2.33. The maximum Gasteiger partial charge on any atom is 0.261 e. The lowest BCUT2D eigenvalue weighted by atomic mass is 10.0. The van der Waals surface area contributed by atoms with E-state index in [-0.39, 0.29) is 31.0 Å². The van der Waals surface area contributed by atoms with Crippen LogP contribution in [0.3, 0.4) is 0 Å². The molecule has 0 saturated heterocycles. The molecule has 8 heteroatoms. The third-order valence-corrected chi connectivity index (χ3v) is 7.64. The van der Waals surface area contributed by atoms with Crippen LogP contribution in [0, 0.1) is 0 Å². The maximum atomic E-state index is 13.8. The molecule has 0 bridgehead atoms. The molecule has 39 heavy (non-hydrogen) atoms. The van der Waals surface area contributed by atoms with Crippen molar-refractivity contribution in [1.82, 2.24) is 10.2 Å². The fourth-order valence-corrected chi connectivity index (χ4v) is 5.39. The third kappa shape index (κ3) is 7.53. The smallest absolute Gasteiger partial charge is 0.261 e. The van der Waals surface area contributed by atoms with Crippen LogP contribution in [0.4, 0.5) is 0 Å². The van der Waals surface area contributed by atoms with E-state index in [0.717, 1.165) is 20.8 Å². The van der Waals surface area contributed by atoms with Gasteiger partial charge in [0, 0.05) is 29.1 Å². The van der Waals surface area contributed by atoms with Gasteiger partial charge in [-0.3, -0.25) is 9.59 Å². The molecule has 4 rings (SSSR count). The first-order valence-corrected chi connectivity index (χ1v) is 14.2. The maximum absolute atomic E-state index is 13.8. The second-order valence-electron chi connectivity index (χ2n) is 9.51. The van der Waals surface area contributed by atoms with E-state index in [1.54, 1.807) is 18.2 Å². The van der Waals surface area contributed by atoms with Crippen molar-refractivity contribution < 1.29 is 14.3 Å². The number of carbonyl (C=O) groups excluding carboxylic acids is 2. The van der Waals surface area contributed by atoms with Gasteiger partial charge in [-0.05, 0) is 69.9 Å². The molecule has 202 valence electrons. The number of hydrogen-bond acceptors (Lipinski definition) is 3. The highest BCUT2D eigenvalue weighted by Gasteiger charge is 2.31. The van der Waals surface area contributed by atoms with E-state index in [4.69, 9.17) is 27.9 Å². The zero-order valence-corrected chi connectivity index (χ0v) is 24.8. The standard InChI is InChI=1S/C31H29BrCl2N2O3/c1-20(2)35-31(38)27(16-21-8-4-3-5-9-21)36(18-23-12-14-24(33)17-26(23)34)29(37)19-39-28-15-13-22-10-6-7-11-25(22)30(28)32/h3-15,17,20,27H,16,18-19H2,1-2H3,(H,35,38)/t27-/m1/s1. The van der Waals surface area contributed by atoms with Crippen LogP contribution in [0.1, 0.15) is 25.0 Å². The molecule has 0 unspecified atom stereocenters. The molecule has 1 atom stereocenters. The number of hydrogen-bond donors (Lipinski definition) is 1. The first-order valence-electron chi connectivity index (χ1n) is 12.6. The number of fused-ring (bicyclic) bond motifs is 1. The highest BCUT2D eigenvalue weighted by molar-refractivity contribution is 9.10. The molecule has 0 spiro atoms. The molecular formula is C31H29BrCl2N2O3. The van der Waals surface area contributed by atoms with E-state index in [1.807, 2.05) is 80.6 Å². The van der Waals surface area contributed by atoms with Crippen molar-refractivity contribution in [2.75, 3.05) is 6.61 Å². The Morgan fingerprint density at radius 3 is 2.38 bits per heavy atom. The molecule has 0 aliphatic rings. The van der Waals surface area contributed by atoms with Crippen LogP contribution in [0.25, 0.3) is 10.8 Å². The van der Waals surface area contributed by atoms with Crippen LogP contribution >= 0.6 is 39.1 Å². The summed E-state index contributed by atoms with van der Waals surface area (Å²) >= 11 is 16.2. The fourth-order valence-electron chi connectivity index (χ4n) is 4.32. The van der Waals surface area contributed by atoms with Crippen LogP contribution in [0.2, 0.25) is 10.0 Å². The molecule has 4 aromatic carbocycles. The van der Waals surface area contributed by atoms with E-state index in [0.29, 0.717) is 27.8 Å². The predicted molar refractivity (Wildman–Crippen MR) is 161 cm³/mol. The Hall–Kier alpha value is -3.06. The minimum Gasteiger partial charge on any atom is -0.483 e. The van der Waals surface area contributed by atoms with Gasteiger partial charge >= 0.3 is 0 Å². The molecule has 0 radical (unpaired) electrons. The molecule has 2 amide bonds. The summed E-state index contributed by atoms with van der Waals surface area (Å²) in [6.45, 7) is 3.63. The van der Waals surface area contributed by atoms with Gasteiger partial charge in [0.15, 0.2) is 6.61 Å². The largest absolute Gasteiger partial charge is 0.483 e. The molecular weight excluding hydrogens is 599 g/mol. The minimum absolute atomic E-state index is 0.100. The number of halogens is 3. The van der Waals surface area contributed by atoms with E-state index in [9.17, 15) is 9.59 Å². The Bertz CT molecular complexity index is 1460. The van der Waals surface area contributed by atoms with E-state index < -0.39 is 6.04 Å². The lowest BCUT2D eigenvalue weighted by Gasteiger charge is -2.32. The average Bonchev–Trinajstić information content (AvgIpc) is 2.91. The Morgan fingerprint density at radius 1 is 0.949 bits per heavy atom. The number of rotatable bonds is 10. The first-order chi connectivity index (χ1) is 18.7. The average molecular weight is 628 g/mol. The summed E-state index contributed by atoms with van der Waals surface area (Å²) in [6.07, 6.45) is 0.329. The zero-order valence-electron chi connectivity index (χ0n) is 21.7. The number of ether oxygens (including phenoxy) is 1. The van der Waals surface area contributed by atoms with Gasteiger partial charge in [-0.2, -0.15) is 0 Å². The minimum atomic E-state index is -0.794. The number of amides is 2. The van der Waals surface area contributed by atoms with Gasteiger partial charge in [0.25, 0.3) is 5.91 Å². The third-order valence-electron chi connectivity index (χ3n) is 6.24. The normalized spacial score (nSPS) is 11.8. The summed E-state index contributed by atoms with van der Waals surface area (Å²) in [6, 6.07) is 25.5. The van der Waals surface area contributed by atoms with Gasteiger partial charge in [-0.25, -0.2) is 0 Å². The molecule has 0 aromatic heterocycles. The Kier molecular flexibility index (Phi) is 9.89. The van der Waals surface area contributed by atoms with Crippen molar-refractivity contribution in [1.29, 1.82) is 0 Å². The summed E-state index contributed by atoms with van der Waals surface area (Å²) in [5.74, 6) is -0.0575. The van der Waals surface area contributed by atoms with Crippen LogP contribution in [-0.4, -0.2) is 35.4 Å². The van der Waals surface area contributed by atoms with Crippen molar-refractivity contribution in [3.63, 3.8) is 0 Å². The molecule has 0 aliphatic heterocycles. The van der Waals surface area contributed by atoms with Crippen LogP contribution < -0.4 is 10.1 Å². The SMILES string of the molecule is CC(C)NC(=O)[C@@H](Cc1ccccc1)N(Cc1ccc(Cl)cc1Cl)C(=O)COc1ccc2ccccc2c1Br. The molecule has 0 aliphatic carbocycles. The van der Waals surface area contributed by atoms with Gasteiger partial charge in [-0.15, -0.1) is 0 Å². The van der Waals surface area contributed by atoms with E-state index >= 15 is 0 Å². The summed E-state index contributed by atoms with van der Waals surface area (Å²) in [4.78, 5) is 28.9. The lowest BCUT2D eigenvalue weighted by Crippen LogP contribution is -2.52. The number of nitrogens with one attached hydrogen (secondary N) is 1. The first kappa shape index (κ1) is 28.9. The molecule has 4 aromatic rings.